The molecule has 1 N–H and O–H groups in total. The van der Waals surface area contributed by atoms with Crippen molar-refractivity contribution in [3.05, 3.63) is 23.8 Å². The number of fused-ring (bicyclic) bond motifs is 1. The van der Waals surface area contributed by atoms with Crippen molar-refractivity contribution in [1.29, 1.82) is 0 Å². The third kappa shape index (κ3) is 3.24. The zero-order valence-corrected chi connectivity index (χ0v) is 14.0. The van der Waals surface area contributed by atoms with Gasteiger partial charge in [0.25, 0.3) is 0 Å². The van der Waals surface area contributed by atoms with E-state index in [4.69, 9.17) is 0 Å². The lowest BCUT2D eigenvalue weighted by Gasteiger charge is -2.32. The molecule has 1 saturated heterocycles. The predicted octanol–water partition coefficient (Wildman–Crippen LogP) is 0.607. The normalized spacial score (nSPS) is 23.4. The fourth-order valence-electron chi connectivity index (χ4n) is 3.23. The van der Waals surface area contributed by atoms with E-state index >= 15 is 0 Å². The third-order valence-electron chi connectivity index (χ3n) is 4.40. The maximum absolute atomic E-state index is 12.7. The van der Waals surface area contributed by atoms with Gasteiger partial charge in [-0.1, -0.05) is 6.07 Å². The van der Waals surface area contributed by atoms with E-state index in [-0.39, 0.29) is 5.91 Å². The summed E-state index contributed by atoms with van der Waals surface area (Å²) in [5.74, 6) is 0.145. The van der Waals surface area contributed by atoms with Crippen LogP contribution in [0.4, 0.5) is 5.69 Å². The standard InChI is InChI=1S/C16H23N3O2S/c1-12-10-18(8-6-17-12)11-16(20)19-7-5-13-3-4-14(22(2)21)9-15(13)19/h3-4,9,12,17H,5-8,10-11H2,1-2H3/t12-,22?/m1/s1. The van der Waals surface area contributed by atoms with E-state index in [2.05, 4.69) is 17.1 Å². The van der Waals surface area contributed by atoms with Crippen LogP contribution in [0.25, 0.3) is 0 Å². The Morgan fingerprint density at radius 3 is 2.95 bits per heavy atom. The van der Waals surface area contributed by atoms with Gasteiger partial charge in [0, 0.05) is 59.9 Å². The number of nitrogens with zero attached hydrogens (tertiary/aromatic N) is 2. The smallest absolute Gasteiger partial charge is 0.241 e. The summed E-state index contributed by atoms with van der Waals surface area (Å²) in [5.41, 5.74) is 2.12. The molecule has 1 unspecified atom stereocenters. The van der Waals surface area contributed by atoms with E-state index in [0.717, 1.165) is 43.2 Å². The minimum absolute atomic E-state index is 0.145. The average molecular weight is 321 g/mol. The summed E-state index contributed by atoms with van der Waals surface area (Å²) in [5, 5.41) is 3.39. The first-order valence-electron chi connectivity index (χ1n) is 7.77. The van der Waals surface area contributed by atoms with Gasteiger partial charge in [0.05, 0.1) is 6.54 Å². The fraction of sp³-hybridized carbons (Fsp3) is 0.562. The Kier molecular flexibility index (Phi) is 4.61. The lowest BCUT2D eigenvalue weighted by atomic mass is 10.2. The lowest BCUT2D eigenvalue weighted by molar-refractivity contribution is -0.119. The van der Waals surface area contributed by atoms with Crippen LogP contribution in [0, 0.1) is 0 Å². The van der Waals surface area contributed by atoms with Crippen molar-refractivity contribution in [1.82, 2.24) is 10.2 Å². The van der Waals surface area contributed by atoms with Crippen LogP contribution in [0.5, 0.6) is 0 Å². The number of nitrogens with one attached hydrogen (secondary N) is 1. The minimum atomic E-state index is -1.02. The Morgan fingerprint density at radius 2 is 2.23 bits per heavy atom. The third-order valence-corrected chi connectivity index (χ3v) is 5.31. The van der Waals surface area contributed by atoms with Crippen LogP contribution in [0.3, 0.4) is 0 Å². The van der Waals surface area contributed by atoms with Crippen LogP contribution in [-0.4, -0.2) is 60.0 Å². The Morgan fingerprint density at radius 1 is 1.41 bits per heavy atom. The molecule has 1 aromatic carbocycles. The van der Waals surface area contributed by atoms with Crippen molar-refractivity contribution in [3.63, 3.8) is 0 Å². The molecule has 0 spiro atoms. The van der Waals surface area contributed by atoms with Crippen molar-refractivity contribution in [2.75, 3.05) is 43.9 Å². The van der Waals surface area contributed by atoms with Gasteiger partial charge in [-0.2, -0.15) is 0 Å². The van der Waals surface area contributed by atoms with E-state index in [0.29, 0.717) is 12.6 Å². The second kappa shape index (κ2) is 6.48. The SMILES string of the molecule is C[C@@H]1CN(CC(=O)N2CCc3ccc(S(C)=O)cc32)CCN1. The number of rotatable bonds is 3. The van der Waals surface area contributed by atoms with Gasteiger partial charge >= 0.3 is 0 Å². The van der Waals surface area contributed by atoms with Crippen molar-refractivity contribution in [3.8, 4) is 0 Å². The summed E-state index contributed by atoms with van der Waals surface area (Å²) >= 11 is 0. The molecule has 22 heavy (non-hydrogen) atoms. The molecule has 0 aliphatic carbocycles. The second-order valence-electron chi connectivity index (χ2n) is 6.13. The maximum Gasteiger partial charge on any atom is 0.241 e. The highest BCUT2D eigenvalue weighted by Crippen LogP contribution is 2.30. The topological polar surface area (TPSA) is 52.7 Å². The molecule has 0 radical (unpaired) electrons. The Labute approximate surface area is 134 Å². The van der Waals surface area contributed by atoms with Gasteiger partial charge in [-0.05, 0) is 31.0 Å². The van der Waals surface area contributed by atoms with Crippen molar-refractivity contribution >= 4 is 22.4 Å². The molecule has 2 atom stereocenters. The minimum Gasteiger partial charge on any atom is -0.312 e. The van der Waals surface area contributed by atoms with E-state index in [1.807, 2.05) is 23.1 Å². The molecular formula is C16H23N3O2S. The van der Waals surface area contributed by atoms with E-state index in [1.165, 1.54) is 5.56 Å². The van der Waals surface area contributed by atoms with Crippen LogP contribution in [0.2, 0.25) is 0 Å². The first-order chi connectivity index (χ1) is 10.5. The van der Waals surface area contributed by atoms with Crippen LogP contribution in [0.15, 0.2) is 23.1 Å². The van der Waals surface area contributed by atoms with Gasteiger partial charge in [-0.3, -0.25) is 13.9 Å². The average Bonchev–Trinajstić information content (AvgIpc) is 2.90. The molecule has 2 aliphatic heterocycles. The molecule has 1 amide bonds. The highest BCUT2D eigenvalue weighted by atomic mass is 32.2. The number of hydrogen-bond donors (Lipinski definition) is 1. The molecule has 2 heterocycles. The number of benzene rings is 1. The quantitative estimate of drug-likeness (QED) is 0.886. The van der Waals surface area contributed by atoms with E-state index in [9.17, 15) is 9.00 Å². The summed E-state index contributed by atoms with van der Waals surface area (Å²) in [6.07, 6.45) is 2.56. The number of anilines is 1. The highest BCUT2D eigenvalue weighted by Gasteiger charge is 2.27. The van der Waals surface area contributed by atoms with Crippen molar-refractivity contribution in [2.45, 2.75) is 24.3 Å². The first-order valence-corrected chi connectivity index (χ1v) is 9.33. The Bertz CT molecular complexity index is 605. The first kappa shape index (κ1) is 15.6. The van der Waals surface area contributed by atoms with Crippen LogP contribution in [0.1, 0.15) is 12.5 Å². The molecule has 6 heteroatoms. The van der Waals surface area contributed by atoms with Gasteiger partial charge in [0.2, 0.25) is 5.91 Å². The highest BCUT2D eigenvalue weighted by molar-refractivity contribution is 7.84. The van der Waals surface area contributed by atoms with Crippen LogP contribution in [-0.2, 0) is 22.0 Å². The molecule has 5 nitrogen and oxygen atoms in total. The van der Waals surface area contributed by atoms with Crippen LogP contribution >= 0.6 is 0 Å². The molecule has 1 aromatic rings. The molecule has 0 saturated carbocycles. The van der Waals surface area contributed by atoms with Crippen LogP contribution < -0.4 is 10.2 Å². The summed E-state index contributed by atoms with van der Waals surface area (Å²) in [6.45, 7) is 6.09. The lowest BCUT2D eigenvalue weighted by Crippen LogP contribution is -2.52. The van der Waals surface area contributed by atoms with Crippen molar-refractivity contribution in [2.24, 2.45) is 0 Å². The summed E-state index contributed by atoms with van der Waals surface area (Å²) in [7, 11) is -1.02. The molecule has 120 valence electrons. The Balaban J connectivity index is 1.73. The molecular weight excluding hydrogens is 298 g/mol. The second-order valence-corrected chi connectivity index (χ2v) is 7.51. The largest absolute Gasteiger partial charge is 0.312 e. The molecule has 3 rings (SSSR count). The number of piperazine rings is 1. The van der Waals surface area contributed by atoms with Gasteiger partial charge in [0.15, 0.2) is 0 Å². The molecule has 0 aromatic heterocycles. The van der Waals surface area contributed by atoms with Gasteiger partial charge in [-0.25, -0.2) is 0 Å². The molecule has 1 fully saturated rings. The fourth-order valence-corrected chi connectivity index (χ4v) is 3.77. The van der Waals surface area contributed by atoms with Crippen molar-refractivity contribution < 1.29 is 9.00 Å². The molecule has 2 aliphatic rings. The zero-order valence-electron chi connectivity index (χ0n) is 13.2. The number of amides is 1. The monoisotopic (exact) mass is 321 g/mol. The van der Waals surface area contributed by atoms with Gasteiger partial charge < -0.3 is 10.2 Å². The molecule has 0 bridgehead atoms. The zero-order chi connectivity index (χ0) is 15.7. The van der Waals surface area contributed by atoms with E-state index in [1.54, 1.807) is 6.26 Å². The summed E-state index contributed by atoms with van der Waals surface area (Å²) < 4.78 is 11.7. The predicted molar refractivity (Wildman–Crippen MR) is 88.7 cm³/mol. The van der Waals surface area contributed by atoms with E-state index < -0.39 is 10.8 Å². The summed E-state index contributed by atoms with van der Waals surface area (Å²) in [4.78, 5) is 17.5. The Hall–Kier alpha value is -1.24. The number of hydrogen-bond acceptors (Lipinski definition) is 4. The number of carbonyl (C=O) groups is 1. The maximum atomic E-state index is 12.7. The van der Waals surface area contributed by atoms with Gasteiger partial charge in [-0.15, -0.1) is 0 Å². The summed E-state index contributed by atoms with van der Waals surface area (Å²) in [6, 6.07) is 6.26. The number of carbonyl (C=O) groups excluding carboxylic acids is 1. The van der Waals surface area contributed by atoms with Gasteiger partial charge in [0.1, 0.15) is 0 Å².